The van der Waals surface area contributed by atoms with Gasteiger partial charge in [-0.15, -0.1) is 0 Å². The Labute approximate surface area is 128 Å². The van der Waals surface area contributed by atoms with Crippen molar-refractivity contribution in [2.45, 2.75) is 19.9 Å². The monoisotopic (exact) mass is 340 g/mol. The van der Waals surface area contributed by atoms with E-state index in [2.05, 4.69) is 38.3 Å². The van der Waals surface area contributed by atoms with Gasteiger partial charge < -0.3 is 10.1 Å². The zero-order valence-corrected chi connectivity index (χ0v) is 13.8. The van der Waals surface area contributed by atoms with Gasteiger partial charge in [0.2, 0.25) is 5.91 Å². The van der Waals surface area contributed by atoms with Crippen LogP contribution < -0.4 is 10.1 Å². The predicted octanol–water partition coefficient (Wildman–Crippen LogP) is 2.42. The van der Waals surface area contributed by atoms with Crippen LogP contribution in [0.1, 0.15) is 18.9 Å². The van der Waals surface area contributed by atoms with Crippen LogP contribution in [-0.4, -0.2) is 38.1 Å². The average molecular weight is 341 g/mol. The number of hydrogen-bond acceptors (Lipinski definition) is 3. The molecule has 1 aromatic rings. The van der Waals surface area contributed by atoms with Gasteiger partial charge in [-0.1, -0.05) is 6.07 Å². The summed E-state index contributed by atoms with van der Waals surface area (Å²) in [5.41, 5.74) is 0.956. The average Bonchev–Trinajstić information content (AvgIpc) is 2.81. The predicted molar refractivity (Wildman–Crippen MR) is 82.8 cm³/mol. The van der Waals surface area contributed by atoms with E-state index in [0.29, 0.717) is 0 Å². The number of amides is 1. The molecule has 1 saturated heterocycles. The Morgan fingerprint density at radius 3 is 2.90 bits per heavy atom. The van der Waals surface area contributed by atoms with Crippen LogP contribution in [0.5, 0.6) is 5.75 Å². The number of nitrogens with zero attached hydrogens (tertiary/aromatic N) is 1. The Kier molecular flexibility index (Phi) is 4.70. The number of likely N-dealkylation sites (tertiary alicyclic amines) is 1. The smallest absolute Gasteiger partial charge is 0.227 e. The molecule has 0 aromatic heterocycles. The number of methoxy groups -OCH3 is 1. The summed E-state index contributed by atoms with van der Waals surface area (Å²) < 4.78 is 6.20. The first-order valence-electron chi connectivity index (χ1n) is 6.75. The summed E-state index contributed by atoms with van der Waals surface area (Å²) in [7, 11) is 3.37. The fourth-order valence-electron chi connectivity index (χ4n) is 2.75. The minimum Gasteiger partial charge on any atom is -0.496 e. The Morgan fingerprint density at radius 1 is 1.55 bits per heavy atom. The van der Waals surface area contributed by atoms with Gasteiger partial charge in [0.25, 0.3) is 0 Å². The van der Waals surface area contributed by atoms with E-state index in [4.69, 9.17) is 4.74 Å². The van der Waals surface area contributed by atoms with Gasteiger partial charge >= 0.3 is 0 Å². The summed E-state index contributed by atoms with van der Waals surface area (Å²) in [6.07, 6.45) is 0.907. The summed E-state index contributed by atoms with van der Waals surface area (Å²) in [6, 6.07) is 6.11. The molecule has 4 nitrogen and oxygen atoms in total. The van der Waals surface area contributed by atoms with Crippen molar-refractivity contribution in [2.75, 3.05) is 27.2 Å². The number of nitrogens with one attached hydrogen (secondary N) is 1. The number of rotatable bonds is 4. The first-order chi connectivity index (χ1) is 9.48. The molecule has 1 aliphatic rings. The fourth-order valence-corrected chi connectivity index (χ4v) is 3.33. The molecule has 1 atom stereocenters. The molecule has 0 radical (unpaired) electrons. The van der Waals surface area contributed by atoms with Crippen LogP contribution in [0.25, 0.3) is 0 Å². The Bertz CT molecular complexity index is 507. The van der Waals surface area contributed by atoms with E-state index in [1.165, 1.54) is 5.56 Å². The number of carbonyl (C=O) groups is 1. The maximum atomic E-state index is 11.9. The summed E-state index contributed by atoms with van der Waals surface area (Å²) in [5, 5.41) is 2.77. The molecule has 20 heavy (non-hydrogen) atoms. The zero-order valence-electron chi connectivity index (χ0n) is 12.2. The molecule has 0 aliphatic carbocycles. The van der Waals surface area contributed by atoms with Gasteiger partial charge in [-0.05, 0) is 53.5 Å². The first-order valence-corrected chi connectivity index (χ1v) is 7.55. The second kappa shape index (κ2) is 6.14. The highest BCUT2D eigenvalue weighted by Crippen LogP contribution is 2.32. The highest BCUT2D eigenvalue weighted by Gasteiger charge is 2.39. The molecule has 0 bridgehead atoms. The molecule has 1 fully saturated rings. The van der Waals surface area contributed by atoms with E-state index in [1.54, 1.807) is 14.2 Å². The molecule has 1 heterocycles. The van der Waals surface area contributed by atoms with Gasteiger partial charge in [0, 0.05) is 20.1 Å². The van der Waals surface area contributed by atoms with E-state index in [0.717, 1.165) is 36.3 Å². The molecule has 1 N–H and O–H groups in total. The molecule has 1 unspecified atom stereocenters. The van der Waals surface area contributed by atoms with Crippen molar-refractivity contribution in [1.29, 1.82) is 0 Å². The van der Waals surface area contributed by atoms with Crippen molar-refractivity contribution in [3.05, 3.63) is 28.2 Å². The number of benzene rings is 1. The van der Waals surface area contributed by atoms with Crippen molar-refractivity contribution in [2.24, 2.45) is 5.41 Å². The lowest BCUT2D eigenvalue weighted by Gasteiger charge is -2.23. The third-order valence-corrected chi connectivity index (χ3v) is 4.57. The number of ether oxygens (including phenoxy) is 1. The van der Waals surface area contributed by atoms with Gasteiger partial charge in [0.05, 0.1) is 17.0 Å². The third kappa shape index (κ3) is 3.15. The normalized spacial score (nSPS) is 22.8. The van der Waals surface area contributed by atoms with Crippen LogP contribution >= 0.6 is 15.9 Å². The van der Waals surface area contributed by atoms with Crippen LogP contribution in [0.3, 0.4) is 0 Å². The number of hydrogen-bond donors (Lipinski definition) is 1. The van der Waals surface area contributed by atoms with E-state index in [9.17, 15) is 4.79 Å². The Balaban J connectivity index is 2.02. The van der Waals surface area contributed by atoms with Crippen LogP contribution in [0.15, 0.2) is 22.7 Å². The third-order valence-electron chi connectivity index (χ3n) is 3.95. The minimum atomic E-state index is -0.265. The maximum absolute atomic E-state index is 11.9. The van der Waals surface area contributed by atoms with Crippen LogP contribution in [0.4, 0.5) is 0 Å². The maximum Gasteiger partial charge on any atom is 0.227 e. The molecule has 110 valence electrons. The molecule has 1 aromatic carbocycles. The first kappa shape index (κ1) is 15.3. The second-order valence-corrected chi connectivity index (χ2v) is 6.42. The topological polar surface area (TPSA) is 41.6 Å². The minimum absolute atomic E-state index is 0.135. The largest absolute Gasteiger partial charge is 0.496 e. The lowest BCUT2D eigenvalue weighted by Crippen LogP contribution is -2.39. The van der Waals surface area contributed by atoms with Crippen molar-refractivity contribution >= 4 is 21.8 Å². The van der Waals surface area contributed by atoms with Crippen molar-refractivity contribution in [3.8, 4) is 5.75 Å². The highest BCUT2D eigenvalue weighted by molar-refractivity contribution is 9.10. The Hall–Kier alpha value is -1.07. The molecular formula is C15H21BrN2O2. The zero-order chi connectivity index (χ0) is 14.8. The molecular weight excluding hydrogens is 320 g/mol. The van der Waals surface area contributed by atoms with Gasteiger partial charge in [0.1, 0.15) is 5.75 Å². The van der Waals surface area contributed by atoms with Crippen molar-refractivity contribution in [3.63, 3.8) is 0 Å². The second-order valence-electron chi connectivity index (χ2n) is 5.57. The van der Waals surface area contributed by atoms with Crippen LogP contribution in [0, 0.1) is 5.41 Å². The van der Waals surface area contributed by atoms with Gasteiger partial charge in [-0.25, -0.2) is 0 Å². The summed E-state index contributed by atoms with van der Waals surface area (Å²) >= 11 is 3.51. The molecule has 2 rings (SSSR count). The Morgan fingerprint density at radius 2 is 2.30 bits per heavy atom. The van der Waals surface area contributed by atoms with E-state index in [-0.39, 0.29) is 11.3 Å². The molecule has 0 saturated carbocycles. The lowest BCUT2D eigenvalue weighted by molar-refractivity contribution is -0.129. The quantitative estimate of drug-likeness (QED) is 0.915. The van der Waals surface area contributed by atoms with Gasteiger partial charge in [-0.2, -0.15) is 0 Å². The fraction of sp³-hybridized carbons (Fsp3) is 0.533. The summed E-state index contributed by atoms with van der Waals surface area (Å²) in [6.45, 7) is 4.65. The van der Waals surface area contributed by atoms with E-state index in [1.807, 2.05) is 13.0 Å². The molecule has 1 amide bonds. The van der Waals surface area contributed by atoms with Crippen LogP contribution in [0.2, 0.25) is 0 Å². The summed E-state index contributed by atoms with van der Waals surface area (Å²) in [5.74, 6) is 0.973. The molecule has 1 aliphatic heterocycles. The molecule has 0 spiro atoms. The van der Waals surface area contributed by atoms with E-state index < -0.39 is 0 Å². The molecule has 5 heteroatoms. The van der Waals surface area contributed by atoms with Gasteiger partial charge in [-0.3, -0.25) is 9.69 Å². The van der Waals surface area contributed by atoms with Gasteiger partial charge in [0.15, 0.2) is 0 Å². The van der Waals surface area contributed by atoms with E-state index >= 15 is 0 Å². The lowest BCUT2D eigenvalue weighted by atomic mass is 9.89. The van der Waals surface area contributed by atoms with Crippen molar-refractivity contribution < 1.29 is 9.53 Å². The SMILES string of the molecule is CNC(=O)C1(C)CCN(Cc2ccc(OC)c(Br)c2)C1. The highest BCUT2D eigenvalue weighted by atomic mass is 79.9. The van der Waals surface area contributed by atoms with Crippen molar-refractivity contribution in [1.82, 2.24) is 10.2 Å². The number of carbonyl (C=O) groups excluding carboxylic acids is 1. The summed E-state index contributed by atoms with van der Waals surface area (Å²) in [4.78, 5) is 14.2. The number of halogens is 1. The standard InChI is InChI=1S/C15H21BrN2O2/c1-15(14(19)17-2)6-7-18(10-15)9-11-4-5-13(20-3)12(16)8-11/h4-5,8H,6-7,9-10H2,1-3H3,(H,17,19). The van der Waals surface area contributed by atoms with Crippen LogP contribution in [-0.2, 0) is 11.3 Å².